The van der Waals surface area contributed by atoms with Gasteiger partial charge in [-0.3, -0.25) is 0 Å². The van der Waals surface area contributed by atoms with Crippen LogP contribution in [0, 0.1) is 6.92 Å². The lowest BCUT2D eigenvalue weighted by molar-refractivity contribution is 0.950. The van der Waals surface area contributed by atoms with E-state index in [1.807, 2.05) is 49.2 Å². The predicted molar refractivity (Wildman–Crippen MR) is 69.2 cm³/mol. The van der Waals surface area contributed by atoms with Gasteiger partial charge in [-0.05, 0) is 36.8 Å². The second kappa shape index (κ2) is 4.93. The second-order valence-electron chi connectivity index (χ2n) is 3.97. The van der Waals surface area contributed by atoms with E-state index < -0.39 is 0 Å². The quantitative estimate of drug-likeness (QED) is 0.873. The molecule has 1 aromatic heterocycles. The van der Waals surface area contributed by atoms with E-state index in [1.165, 1.54) is 0 Å². The molecule has 0 saturated heterocycles. The molecule has 0 aliphatic carbocycles. The van der Waals surface area contributed by atoms with Gasteiger partial charge in [-0.2, -0.15) is 5.10 Å². The Balaban J connectivity index is 2.29. The Morgan fingerprint density at radius 2 is 2.00 bits per heavy atom. The zero-order valence-corrected chi connectivity index (χ0v) is 10.1. The van der Waals surface area contributed by atoms with Crippen LogP contribution in [0.4, 0.5) is 11.5 Å². The normalized spacial score (nSPS) is 10.3. The Morgan fingerprint density at radius 1 is 1.18 bits per heavy atom. The summed E-state index contributed by atoms with van der Waals surface area (Å²) < 4.78 is 0. The van der Waals surface area contributed by atoms with Gasteiger partial charge in [0.05, 0.1) is 5.69 Å². The average molecular weight is 228 g/mol. The third-order valence-corrected chi connectivity index (χ3v) is 2.66. The Labute approximate surface area is 101 Å². The highest BCUT2D eigenvalue weighted by atomic mass is 15.2. The number of nitrogens with two attached hydrogens (primary N) is 1. The minimum atomic E-state index is 0.543. The Morgan fingerprint density at radius 3 is 2.65 bits per heavy atom. The lowest BCUT2D eigenvalue weighted by Gasteiger charge is -2.18. The van der Waals surface area contributed by atoms with Gasteiger partial charge in [0.15, 0.2) is 5.82 Å². The van der Waals surface area contributed by atoms with Crippen LogP contribution in [0.2, 0.25) is 0 Å². The summed E-state index contributed by atoms with van der Waals surface area (Å²) in [4.78, 5) is 1.99. The molecule has 0 fully saturated rings. The fraction of sp³-hybridized carbons (Fsp3) is 0.231. The zero-order chi connectivity index (χ0) is 12.3. The maximum atomic E-state index is 5.63. The van der Waals surface area contributed by atoms with Gasteiger partial charge in [0.25, 0.3) is 0 Å². The molecule has 2 N–H and O–H groups in total. The number of hydrogen-bond acceptors (Lipinski definition) is 4. The second-order valence-corrected chi connectivity index (χ2v) is 3.97. The highest BCUT2D eigenvalue weighted by molar-refractivity contribution is 5.59. The van der Waals surface area contributed by atoms with Gasteiger partial charge in [0, 0.05) is 19.3 Å². The zero-order valence-electron chi connectivity index (χ0n) is 10.1. The van der Waals surface area contributed by atoms with Crippen LogP contribution >= 0.6 is 0 Å². The monoisotopic (exact) mass is 228 g/mol. The molecular formula is C13H16N4. The van der Waals surface area contributed by atoms with E-state index in [-0.39, 0.29) is 0 Å². The number of anilines is 2. The van der Waals surface area contributed by atoms with Crippen LogP contribution in [-0.4, -0.2) is 17.2 Å². The van der Waals surface area contributed by atoms with Crippen LogP contribution in [0.1, 0.15) is 11.3 Å². The smallest absolute Gasteiger partial charge is 0.155 e. The first-order chi connectivity index (χ1) is 8.20. The highest BCUT2D eigenvalue weighted by Gasteiger charge is 2.05. The van der Waals surface area contributed by atoms with Crippen molar-refractivity contribution in [1.82, 2.24) is 10.2 Å². The summed E-state index contributed by atoms with van der Waals surface area (Å²) in [6.07, 6.45) is 0. The molecule has 4 nitrogen and oxygen atoms in total. The number of aryl methyl sites for hydroxylation is 1. The van der Waals surface area contributed by atoms with Gasteiger partial charge in [-0.15, -0.1) is 5.10 Å². The van der Waals surface area contributed by atoms with Crippen LogP contribution in [-0.2, 0) is 6.54 Å². The number of hydrogen-bond donors (Lipinski definition) is 1. The first-order valence-electron chi connectivity index (χ1n) is 5.54. The van der Waals surface area contributed by atoms with Gasteiger partial charge < -0.3 is 10.6 Å². The molecule has 4 heteroatoms. The summed E-state index contributed by atoms with van der Waals surface area (Å²) in [5.74, 6) is 0.824. The largest absolute Gasteiger partial charge is 0.328 e. The third-order valence-electron chi connectivity index (χ3n) is 2.66. The van der Waals surface area contributed by atoms with Crippen molar-refractivity contribution in [2.45, 2.75) is 13.5 Å². The molecule has 88 valence electrons. The minimum Gasteiger partial charge on any atom is -0.328 e. The summed E-state index contributed by atoms with van der Waals surface area (Å²) in [6.45, 7) is 2.47. The van der Waals surface area contributed by atoms with Crippen LogP contribution in [0.25, 0.3) is 0 Å². The average Bonchev–Trinajstić information content (AvgIpc) is 2.39. The Hall–Kier alpha value is -1.94. The van der Waals surface area contributed by atoms with Crippen molar-refractivity contribution in [3.05, 3.63) is 47.7 Å². The molecule has 0 spiro atoms. The van der Waals surface area contributed by atoms with Gasteiger partial charge in [0.1, 0.15) is 0 Å². The van der Waals surface area contributed by atoms with E-state index in [1.54, 1.807) is 0 Å². The number of rotatable bonds is 3. The molecule has 0 aliphatic rings. The molecular weight excluding hydrogens is 212 g/mol. The SMILES string of the molecule is Cc1ccc(N(C)c2cccc(CN)c2)nn1. The molecule has 0 saturated carbocycles. The van der Waals surface area contributed by atoms with Crippen LogP contribution in [0.3, 0.4) is 0 Å². The molecule has 0 aliphatic heterocycles. The first-order valence-corrected chi connectivity index (χ1v) is 5.54. The van der Waals surface area contributed by atoms with Crippen LogP contribution in [0.15, 0.2) is 36.4 Å². The molecule has 0 amide bonds. The molecule has 0 unspecified atom stereocenters. The van der Waals surface area contributed by atoms with E-state index in [2.05, 4.69) is 16.3 Å². The summed E-state index contributed by atoms with van der Waals surface area (Å²) >= 11 is 0. The molecule has 1 aromatic carbocycles. The predicted octanol–water partition coefficient (Wildman–Crippen LogP) is 2.01. The van der Waals surface area contributed by atoms with Crippen molar-refractivity contribution in [3.63, 3.8) is 0 Å². The topological polar surface area (TPSA) is 55.0 Å². The number of aromatic nitrogens is 2. The van der Waals surface area contributed by atoms with Crippen molar-refractivity contribution in [2.24, 2.45) is 5.73 Å². The molecule has 17 heavy (non-hydrogen) atoms. The molecule has 2 aromatic rings. The van der Waals surface area contributed by atoms with E-state index in [9.17, 15) is 0 Å². The highest BCUT2D eigenvalue weighted by Crippen LogP contribution is 2.21. The Bertz CT molecular complexity index is 493. The molecule has 0 bridgehead atoms. The fourth-order valence-electron chi connectivity index (χ4n) is 1.60. The summed E-state index contributed by atoms with van der Waals surface area (Å²) in [5, 5.41) is 8.21. The van der Waals surface area contributed by atoms with Crippen molar-refractivity contribution in [2.75, 3.05) is 11.9 Å². The van der Waals surface area contributed by atoms with E-state index >= 15 is 0 Å². The first kappa shape index (κ1) is 11.5. The third kappa shape index (κ3) is 2.60. The maximum absolute atomic E-state index is 5.63. The minimum absolute atomic E-state index is 0.543. The lowest BCUT2D eigenvalue weighted by atomic mass is 10.2. The molecule has 1 heterocycles. The summed E-state index contributed by atoms with van der Waals surface area (Å²) in [6, 6.07) is 12.0. The summed E-state index contributed by atoms with van der Waals surface area (Å²) in [7, 11) is 1.97. The standard InChI is InChI=1S/C13H16N4/c1-10-6-7-13(16-15-10)17(2)12-5-3-4-11(8-12)9-14/h3-8H,9,14H2,1-2H3. The number of benzene rings is 1. The van der Waals surface area contributed by atoms with Crippen molar-refractivity contribution < 1.29 is 0 Å². The molecule has 0 atom stereocenters. The van der Waals surface area contributed by atoms with Crippen LogP contribution in [0.5, 0.6) is 0 Å². The van der Waals surface area contributed by atoms with Crippen molar-refractivity contribution >= 4 is 11.5 Å². The van der Waals surface area contributed by atoms with Crippen molar-refractivity contribution in [1.29, 1.82) is 0 Å². The van der Waals surface area contributed by atoms with Gasteiger partial charge in [-0.1, -0.05) is 12.1 Å². The fourth-order valence-corrected chi connectivity index (χ4v) is 1.60. The van der Waals surface area contributed by atoms with Gasteiger partial charge in [0.2, 0.25) is 0 Å². The van der Waals surface area contributed by atoms with Gasteiger partial charge in [-0.25, -0.2) is 0 Å². The maximum Gasteiger partial charge on any atom is 0.155 e. The van der Waals surface area contributed by atoms with E-state index in [4.69, 9.17) is 5.73 Å². The van der Waals surface area contributed by atoms with E-state index in [0.29, 0.717) is 6.54 Å². The number of nitrogens with zero attached hydrogens (tertiary/aromatic N) is 3. The molecule has 2 rings (SSSR count). The summed E-state index contributed by atoms with van der Waals surface area (Å²) in [5.41, 5.74) is 8.71. The lowest BCUT2D eigenvalue weighted by Crippen LogP contribution is -2.12. The van der Waals surface area contributed by atoms with Gasteiger partial charge >= 0.3 is 0 Å². The molecule has 0 radical (unpaired) electrons. The van der Waals surface area contributed by atoms with Crippen LogP contribution < -0.4 is 10.6 Å². The Kier molecular flexibility index (Phi) is 3.35. The van der Waals surface area contributed by atoms with E-state index in [0.717, 1.165) is 22.8 Å². The van der Waals surface area contributed by atoms with Crippen molar-refractivity contribution in [3.8, 4) is 0 Å².